The number of nitrogens with one attached hydrogen (secondary N) is 1. The summed E-state index contributed by atoms with van der Waals surface area (Å²) in [6.45, 7) is 2.59. The van der Waals surface area contributed by atoms with Crippen LogP contribution in [0.5, 0.6) is 28.7 Å². The van der Waals surface area contributed by atoms with Gasteiger partial charge in [0.2, 0.25) is 11.9 Å². The molecule has 1 aliphatic heterocycles. The van der Waals surface area contributed by atoms with Crippen LogP contribution in [0.15, 0.2) is 66.7 Å². The molecule has 34 heavy (non-hydrogen) atoms. The van der Waals surface area contributed by atoms with Crippen LogP contribution in [0.25, 0.3) is 0 Å². The van der Waals surface area contributed by atoms with Crippen molar-refractivity contribution in [3.8, 4) is 28.7 Å². The molecule has 0 fully saturated rings. The number of para-hydroxylation sites is 3. The molecular weight excluding hydrogens is 434 g/mol. The van der Waals surface area contributed by atoms with Crippen molar-refractivity contribution < 1.29 is 28.5 Å². The zero-order chi connectivity index (χ0) is 23.9. The first-order chi connectivity index (χ1) is 16.6. The van der Waals surface area contributed by atoms with E-state index in [9.17, 15) is 4.79 Å². The summed E-state index contributed by atoms with van der Waals surface area (Å²) >= 11 is 0. The second kappa shape index (κ2) is 10.8. The lowest BCUT2D eigenvalue weighted by Crippen LogP contribution is -2.46. The largest absolute Gasteiger partial charge is 0.493 e. The molecule has 178 valence electrons. The van der Waals surface area contributed by atoms with Gasteiger partial charge >= 0.3 is 0 Å². The van der Waals surface area contributed by atoms with Crippen LogP contribution >= 0.6 is 0 Å². The van der Waals surface area contributed by atoms with E-state index in [1.807, 2.05) is 48.5 Å². The monoisotopic (exact) mass is 463 g/mol. The molecule has 1 aliphatic rings. The van der Waals surface area contributed by atoms with Gasteiger partial charge in [0.15, 0.2) is 29.1 Å². The van der Waals surface area contributed by atoms with Crippen molar-refractivity contribution in [3.63, 3.8) is 0 Å². The Morgan fingerprint density at radius 3 is 2.15 bits per heavy atom. The topological polar surface area (TPSA) is 75.3 Å². The Hall–Kier alpha value is -3.87. The van der Waals surface area contributed by atoms with Crippen LogP contribution in [0.4, 0.5) is 0 Å². The summed E-state index contributed by atoms with van der Waals surface area (Å²) in [6.07, 6.45) is -0.481. The van der Waals surface area contributed by atoms with Crippen LogP contribution in [-0.4, -0.2) is 39.4 Å². The molecule has 0 saturated carbocycles. The van der Waals surface area contributed by atoms with Gasteiger partial charge in [0.25, 0.3) is 5.91 Å². The van der Waals surface area contributed by atoms with Crippen LogP contribution in [0.2, 0.25) is 0 Å². The fourth-order valence-corrected chi connectivity index (χ4v) is 3.81. The molecule has 0 spiro atoms. The highest BCUT2D eigenvalue weighted by Crippen LogP contribution is 2.39. The van der Waals surface area contributed by atoms with Gasteiger partial charge in [-0.05, 0) is 41.8 Å². The van der Waals surface area contributed by atoms with E-state index in [4.69, 9.17) is 23.7 Å². The Bertz CT molecular complexity index is 1090. The standard InChI is InChI=1S/C27H29NO6/c1-4-18-12-14-19(15-13-18)24-26(34-21-9-6-5-8-20(21)33-24)27(29)28-16-17-32-25-22(30-2)10-7-11-23(25)31-3/h5-15,24,26H,4,16-17H2,1-3H3,(H,28,29)/t24-,26-/m0/s1. The second-order valence-electron chi connectivity index (χ2n) is 7.75. The molecule has 0 aromatic heterocycles. The van der Waals surface area contributed by atoms with E-state index in [1.54, 1.807) is 32.4 Å². The maximum absolute atomic E-state index is 13.2. The third kappa shape index (κ3) is 5.03. The molecule has 1 amide bonds. The number of carbonyl (C=O) groups excluding carboxylic acids is 1. The summed E-state index contributed by atoms with van der Waals surface area (Å²) in [7, 11) is 3.13. The Balaban J connectivity index is 1.45. The van der Waals surface area contributed by atoms with Crippen LogP contribution in [0, 0.1) is 0 Å². The molecule has 0 aliphatic carbocycles. The van der Waals surface area contributed by atoms with Crippen LogP contribution in [-0.2, 0) is 11.2 Å². The van der Waals surface area contributed by atoms with Crippen molar-refractivity contribution in [3.05, 3.63) is 77.9 Å². The average Bonchev–Trinajstić information content (AvgIpc) is 2.90. The predicted molar refractivity (Wildman–Crippen MR) is 128 cm³/mol. The summed E-state index contributed by atoms with van der Waals surface area (Å²) in [5.41, 5.74) is 2.09. The molecule has 2 atom stereocenters. The van der Waals surface area contributed by atoms with Gasteiger partial charge in [0, 0.05) is 0 Å². The van der Waals surface area contributed by atoms with Gasteiger partial charge in [0.1, 0.15) is 6.61 Å². The van der Waals surface area contributed by atoms with Crippen molar-refractivity contribution in [2.45, 2.75) is 25.6 Å². The Morgan fingerprint density at radius 1 is 0.882 bits per heavy atom. The third-order valence-corrected chi connectivity index (χ3v) is 5.64. The van der Waals surface area contributed by atoms with Crippen molar-refractivity contribution >= 4 is 5.91 Å². The summed E-state index contributed by atoms with van der Waals surface area (Å²) in [5, 5.41) is 2.90. The summed E-state index contributed by atoms with van der Waals surface area (Å²) in [4.78, 5) is 13.2. The quantitative estimate of drug-likeness (QED) is 0.476. The molecule has 0 saturated heterocycles. The lowest BCUT2D eigenvalue weighted by Gasteiger charge is -2.33. The molecule has 3 aromatic rings. The van der Waals surface area contributed by atoms with Crippen molar-refractivity contribution in [2.75, 3.05) is 27.4 Å². The minimum absolute atomic E-state index is 0.225. The van der Waals surface area contributed by atoms with Crippen LogP contribution < -0.4 is 29.0 Å². The number of amides is 1. The van der Waals surface area contributed by atoms with Gasteiger partial charge < -0.3 is 29.0 Å². The lowest BCUT2D eigenvalue weighted by atomic mass is 10.00. The number of hydrogen-bond donors (Lipinski definition) is 1. The van der Waals surface area contributed by atoms with E-state index in [2.05, 4.69) is 12.2 Å². The highest BCUT2D eigenvalue weighted by Gasteiger charge is 2.38. The molecule has 3 aromatic carbocycles. The number of carbonyl (C=O) groups is 1. The first kappa shape index (κ1) is 23.3. The SMILES string of the molecule is CCc1ccc([C@@H]2Oc3ccccc3O[C@@H]2C(=O)NCCOc2c(OC)cccc2OC)cc1. The molecule has 7 heteroatoms. The number of hydrogen-bond acceptors (Lipinski definition) is 6. The highest BCUT2D eigenvalue weighted by atomic mass is 16.6. The number of fused-ring (bicyclic) bond motifs is 1. The minimum Gasteiger partial charge on any atom is -0.493 e. The first-order valence-corrected chi connectivity index (χ1v) is 11.3. The molecule has 0 bridgehead atoms. The maximum atomic E-state index is 13.2. The molecule has 1 N–H and O–H groups in total. The number of methoxy groups -OCH3 is 2. The van der Waals surface area contributed by atoms with Gasteiger partial charge in [-0.1, -0.05) is 49.4 Å². The van der Waals surface area contributed by atoms with Gasteiger partial charge in [-0.25, -0.2) is 0 Å². The fraction of sp³-hybridized carbons (Fsp3) is 0.296. The van der Waals surface area contributed by atoms with Crippen molar-refractivity contribution in [2.24, 2.45) is 0 Å². The normalized spacial score (nSPS) is 16.4. The van der Waals surface area contributed by atoms with E-state index in [0.717, 1.165) is 12.0 Å². The zero-order valence-electron chi connectivity index (χ0n) is 19.6. The van der Waals surface area contributed by atoms with Gasteiger partial charge in [-0.3, -0.25) is 4.79 Å². The van der Waals surface area contributed by atoms with Gasteiger partial charge in [-0.2, -0.15) is 0 Å². The Morgan fingerprint density at radius 2 is 1.53 bits per heavy atom. The number of benzene rings is 3. The number of ether oxygens (including phenoxy) is 5. The third-order valence-electron chi connectivity index (χ3n) is 5.64. The Kier molecular flexibility index (Phi) is 7.42. The molecule has 1 heterocycles. The van der Waals surface area contributed by atoms with Crippen molar-refractivity contribution in [1.82, 2.24) is 5.32 Å². The smallest absolute Gasteiger partial charge is 0.265 e. The van der Waals surface area contributed by atoms with Gasteiger partial charge in [0.05, 0.1) is 20.8 Å². The molecular formula is C27H29NO6. The lowest BCUT2D eigenvalue weighted by molar-refractivity contribution is -0.134. The van der Waals surface area contributed by atoms with E-state index in [0.29, 0.717) is 28.7 Å². The summed E-state index contributed by atoms with van der Waals surface area (Å²) in [5.74, 6) is 2.47. The average molecular weight is 464 g/mol. The maximum Gasteiger partial charge on any atom is 0.265 e. The van der Waals surface area contributed by atoms with E-state index in [1.165, 1.54) is 5.56 Å². The van der Waals surface area contributed by atoms with Crippen molar-refractivity contribution in [1.29, 1.82) is 0 Å². The fourth-order valence-electron chi connectivity index (χ4n) is 3.81. The second-order valence-corrected chi connectivity index (χ2v) is 7.75. The molecule has 0 radical (unpaired) electrons. The highest BCUT2D eigenvalue weighted by molar-refractivity contribution is 5.82. The summed E-state index contributed by atoms with van der Waals surface area (Å²) < 4.78 is 28.8. The minimum atomic E-state index is -0.844. The first-order valence-electron chi connectivity index (χ1n) is 11.3. The van der Waals surface area contributed by atoms with Gasteiger partial charge in [-0.15, -0.1) is 0 Å². The van der Waals surface area contributed by atoms with Crippen LogP contribution in [0.1, 0.15) is 24.2 Å². The van der Waals surface area contributed by atoms with Crippen LogP contribution in [0.3, 0.4) is 0 Å². The van der Waals surface area contributed by atoms with E-state index in [-0.39, 0.29) is 19.1 Å². The number of rotatable bonds is 9. The zero-order valence-corrected chi connectivity index (χ0v) is 19.6. The van der Waals surface area contributed by atoms with E-state index >= 15 is 0 Å². The number of aryl methyl sites for hydroxylation is 1. The molecule has 4 rings (SSSR count). The molecule has 0 unspecified atom stereocenters. The van der Waals surface area contributed by atoms with E-state index < -0.39 is 12.2 Å². The Labute approximate surface area is 199 Å². The summed E-state index contributed by atoms with van der Waals surface area (Å²) in [6, 6.07) is 20.8. The molecule has 7 nitrogen and oxygen atoms in total. The predicted octanol–water partition coefficient (Wildman–Crippen LogP) is 4.34.